The number of aliphatic hydroxyl groups is 1. The van der Waals surface area contributed by atoms with Gasteiger partial charge in [0.1, 0.15) is 0 Å². The molecule has 2 rings (SSSR count). The zero-order valence-electron chi connectivity index (χ0n) is 11.8. The van der Waals surface area contributed by atoms with Gasteiger partial charge < -0.3 is 10.4 Å². The standard InChI is InChI=1S/C14H27NO3S/c1-19(17,18)14-9-5-4-8-12(14)15-10-13(16)11-6-2-3-7-11/h11-16H,2-10H2,1H3. The van der Waals surface area contributed by atoms with E-state index >= 15 is 0 Å². The van der Waals surface area contributed by atoms with Crippen molar-refractivity contribution in [2.24, 2.45) is 5.92 Å². The fourth-order valence-electron chi connectivity index (χ4n) is 3.62. The van der Waals surface area contributed by atoms with E-state index < -0.39 is 9.84 Å². The summed E-state index contributed by atoms with van der Waals surface area (Å²) < 4.78 is 23.6. The average Bonchev–Trinajstić information content (AvgIpc) is 2.89. The first-order valence-corrected chi connectivity index (χ1v) is 9.54. The van der Waals surface area contributed by atoms with Gasteiger partial charge in [0, 0.05) is 18.8 Å². The molecule has 0 spiro atoms. The topological polar surface area (TPSA) is 66.4 Å². The second-order valence-corrected chi connectivity index (χ2v) is 8.54. The first kappa shape index (κ1) is 15.3. The molecule has 2 saturated carbocycles. The molecule has 0 bridgehead atoms. The van der Waals surface area contributed by atoms with E-state index in [-0.39, 0.29) is 17.4 Å². The van der Waals surface area contributed by atoms with Gasteiger partial charge in [-0.2, -0.15) is 0 Å². The normalized spacial score (nSPS) is 31.5. The molecular formula is C14H27NO3S. The van der Waals surface area contributed by atoms with Crippen molar-refractivity contribution in [2.45, 2.75) is 68.8 Å². The van der Waals surface area contributed by atoms with E-state index in [1.807, 2.05) is 0 Å². The van der Waals surface area contributed by atoms with Gasteiger partial charge in [0.25, 0.3) is 0 Å². The highest BCUT2D eigenvalue weighted by atomic mass is 32.2. The molecule has 3 atom stereocenters. The van der Waals surface area contributed by atoms with Crippen molar-refractivity contribution in [2.75, 3.05) is 12.8 Å². The lowest BCUT2D eigenvalue weighted by Gasteiger charge is -2.32. The first-order chi connectivity index (χ1) is 8.98. The zero-order valence-corrected chi connectivity index (χ0v) is 12.7. The molecule has 0 aromatic carbocycles. The monoisotopic (exact) mass is 289 g/mol. The number of aliphatic hydroxyl groups excluding tert-OH is 1. The van der Waals surface area contributed by atoms with E-state index in [1.165, 1.54) is 19.1 Å². The Kier molecular flexibility index (Phi) is 5.26. The molecular weight excluding hydrogens is 262 g/mol. The van der Waals surface area contributed by atoms with Crippen molar-refractivity contribution in [3.8, 4) is 0 Å². The molecule has 0 aromatic heterocycles. The molecule has 0 aliphatic heterocycles. The van der Waals surface area contributed by atoms with Crippen LogP contribution in [-0.4, -0.2) is 43.7 Å². The zero-order chi connectivity index (χ0) is 13.9. The Hall–Kier alpha value is -0.130. The summed E-state index contributed by atoms with van der Waals surface area (Å²) in [5.41, 5.74) is 0. The van der Waals surface area contributed by atoms with E-state index in [4.69, 9.17) is 0 Å². The van der Waals surface area contributed by atoms with E-state index in [0.29, 0.717) is 12.5 Å². The predicted octanol–water partition coefficient (Wildman–Crippen LogP) is 1.48. The van der Waals surface area contributed by atoms with Crippen molar-refractivity contribution in [3.63, 3.8) is 0 Å². The van der Waals surface area contributed by atoms with Gasteiger partial charge in [-0.25, -0.2) is 8.42 Å². The highest BCUT2D eigenvalue weighted by molar-refractivity contribution is 7.91. The van der Waals surface area contributed by atoms with Gasteiger partial charge in [-0.05, 0) is 31.6 Å². The van der Waals surface area contributed by atoms with Crippen molar-refractivity contribution in [3.05, 3.63) is 0 Å². The van der Waals surface area contributed by atoms with Crippen LogP contribution in [0, 0.1) is 5.92 Å². The van der Waals surface area contributed by atoms with Gasteiger partial charge in [-0.1, -0.05) is 25.7 Å². The molecule has 2 N–H and O–H groups in total. The number of hydrogen-bond acceptors (Lipinski definition) is 4. The minimum Gasteiger partial charge on any atom is -0.392 e. The maximum absolute atomic E-state index is 11.8. The molecule has 2 fully saturated rings. The molecule has 2 aliphatic carbocycles. The van der Waals surface area contributed by atoms with Crippen molar-refractivity contribution in [1.29, 1.82) is 0 Å². The second-order valence-electron chi connectivity index (χ2n) is 6.28. The van der Waals surface area contributed by atoms with Crippen LogP contribution in [0.1, 0.15) is 51.4 Å². The van der Waals surface area contributed by atoms with Crippen molar-refractivity contribution < 1.29 is 13.5 Å². The SMILES string of the molecule is CS(=O)(=O)C1CCCCC1NCC(O)C1CCCC1. The third-order valence-corrected chi connectivity index (χ3v) is 6.45. The first-order valence-electron chi connectivity index (χ1n) is 7.59. The van der Waals surface area contributed by atoms with Crippen LogP contribution in [0.2, 0.25) is 0 Å². The fourth-order valence-corrected chi connectivity index (χ4v) is 5.05. The van der Waals surface area contributed by atoms with Crippen LogP contribution in [0.4, 0.5) is 0 Å². The lowest BCUT2D eigenvalue weighted by Crippen LogP contribution is -2.48. The third kappa shape index (κ3) is 4.17. The summed E-state index contributed by atoms with van der Waals surface area (Å²) in [5, 5.41) is 13.2. The molecule has 0 radical (unpaired) electrons. The van der Waals surface area contributed by atoms with Gasteiger partial charge in [0.05, 0.1) is 11.4 Å². The summed E-state index contributed by atoms with van der Waals surface area (Å²) in [7, 11) is -2.99. The van der Waals surface area contributed by atoms with Gasteiger partial charge in [-0.3, -0.25) is 0 Å². The third-order valence-electron chi connectivity index (χ3n) is 4.79. The summed E-state index contributed by atoms with van der Waals surface area (Å²) in [4.78, 5) is 0. The summed E-state index contributed by atoms with van der Waals surface area (Å²) in [6, 6.07) is 0.0276. The Balaban J connectivity index is 1.85. The number of sulfone groups is 1. The highest BCUT2D eigenvalue weighted by Gasteiger charge is 2.33. The van der Waals surface area contributed by atoms with Crippen LogP contribution < -0.4 is 5.32 Å². The lowest BCUT2D eigenvalue weighted by molar-refractivity contribution is 0.104. The molecule has 0 saturated heterocycles. The van der Waals surface area contributed by atoms with E-state index in [1.54, 1.807) is 0 Å². The van der Waals surface area contributed by atoms with E-state index in [2.05, 4.69) is 5.32 Å². The minimum absolute atomic E-state index is 0.0276. The van der Waals surface area contributed by atoms with Crippen LogP contribution in [-0.2, 0) is 9.84 Å². The molecule has 5 heteroatoms. The maximum Gasteiger partial charge on any atom is 0.151 e. The quantitative estimate of drug-likeness (QED) is 0.804. The van der Waals surface area contributed by atoms with Gasteiger partial charge >= 0.3 is 0 Å². The molecule has 2 aliphatic rings. The second kappa shape index (κ2) is 6.55. The van der Waals surface area contributed by atoms with Crippen molar-refractivity contribution in [1.82, 2.24) is 5.32 Å². The largest absolute Gasteiger partial charge is 0.392 e. The van der Waals surface area contributed by atoms with Crippen LogP contribution >= 0.6 is 0 Å². The minimum atomic E-state index is -2.99. The summed E-state index contributed by atoms with van der Waals surface area (Å²) in [6.45, 7) is 0.543. The molecule has 4 nitrogen and oxygen atoms in total. The van der Waals surface area contributed by atoms with Crippen molar-refractivity contribution >= 4 is 9.84 Å². The molecule has 0 amide bonds. The number of rotatable bonds is 5. The van der Waals surface area contributed by atoms with Gasteiger partial charge in [0.2, 0.25) is 0 Å². The molecule has 112 valence electrons. The Bertz CT molecular complexity index is 376. The molecule has 3 unspecified atom stereocenters. The summed E-state index contributed by atoms with van der Waals surface area (Å²) in [5.74, 6) is 0.410. The molecule has 0 heterocycles. The van der Waals surface area contributed by atoms with Crippen LogP contribution in [0.3, 0.4) is 0 Å². The lowest BCUT2D eigenvalue weighted by atomic mass is 9.94. The Morgan fingerprint density at radius 1 is 1.11 bits per heavy atom. The molecule has 19 heavy (non-hydrogen) atoms. The highest BCUT2D eigenvalue weighted by Crippen LogP contribution is 2.28. The number of nitrogens with one attached hydrogen (secondary N) is 1. The van der Waals surface area contributed by atoms with Crippen LogP contribution in [0.25, 0.3) is 0 Å². The fraction of sp³-hybridized carbons (Fsp3) is 1.00. The van der Waals surface area contributed by atoms with Crippen LogP contribution in [0.5, 0.6) is 0 Å². The Morgan fingerprint density at radius 3 is 2.32 bits per heavy atom. The molecule has 0 aromatic rings. The predicted molar refractivity (Wildman–Crippen MR) is 76.9 cm³/mol. The summed E-state index contributed by atoms with van der Waals surface area (Å²) in [6.07, 6.45) is 9.45. The van der Waals surface area contributed by atoms with Gasteiger partial charge in [0.15, 0.2) is 9.84 Å². The maximum atomic E-state index is 11.8. The Morgan fingerprint density at radius 2 is 1.68 bits per heavy atom. The van der Waals surface area contributed by atoms with Gasteiger partial charge in [-0.15, -0.1) is 0 Å². The van der Waals surface area contributed by atoms with Crippen LogP contribution in [0.15, 0.2) is 0 Å². The number of hydrogen-bond donors (Lipinski definition) is 2. The van der Waals surface area contributed by atoms with E-state index in [9.17, 15) is 13.5 Å². The average molecular weight is 289 g/mol. The Labute approximate surface area is 116 Å². The van der Waals surface area contributed by atoms with E-state index in [0.717, 1.165) is 38.5 Å². The summed E-state index contributed by atoms with van der Waals surface area (Å²) >= 11 is 0. The smallest absolute Gasteiger partial charge is 0.151 e.